The van der Waals surface area contributed by atoms with Crippen LogP contribution in [0.2, 0.25) is 0 Å². The SMILES string of the molecule is C1=CN(c2nc3ccccc3[nH]2)CN1CCN1C=CN(c2nc3ccccc3[nH]2)C1. The molecule has 0 unspecified atom stereocenters. The maximum absolute atomic E-state index is 4.68. The van der Waals surface area contributed by atoms with E-state index in [2.05, 4.69) is 76.5 Å². The van der Waals surface area contributed by atoms with Crippen molar-refractivity contribution in [2.75, 3.05) is 36.2 Å². The normalized spacial score (nSPS) is 16.1. The van der Waals surface area contributed by atoms with Crippen molar-refractivity contribution in [3.8, 4) is 0 Å². The van der Waals surface area contributed by atoms with Crippen LogP contribution in [-0.2, 0) is 0 Å². The molecule has 2 N–H and O–H groups in total. The van der Waals surface area contributed by atoms with Gasteiger partial charge in [0.25, 0.3) is 0 Å². The van der Waals surface area contributed by atoms with Crippen molar-refractivity contribution in [1.29, 1.82) is 0 Å². The van der Waals surface area contributed by atoms with Crippen LogP contribution in [0.3, 0.4) is 0 Å². The molecule has 0 saturated carbocycles. The number of hydrogen-bond acceptors (Lipinski definition) is 6. The van der Waals surface area contributed by atoms with Crippen LogP contribution in [-0.4, -0.2) is 56.2 Å². The summed E-state index contributed by atoms with van der Waals surface area (Å²) in [5, 5.41) is 0. The number of aromatic amines is 2. The Bertz CT molecular complexity index is 1090. The Morgan fingerprint density at radius 2 is 1.10 bits per heavy atom. The first kappa shape index (κ1) is 17.0. The molecule has 0 aliphatic carbocycles. The van der Waals surface area contributed by atoms with Gasteiger partial charge in [-0.05, 0) is 24.3 Å². The standard InChI is InChI=1S/C22H22N8/c1-2-6-18-17(5-1)23-21(24-18)29-13-11-27(15-29)9-10-28-12-14-30(16-28)22-25-19-7-3-4-8-20(19)26-22/h1-8,11-14H,9-10,15-16H2,(H,23,24)(H,25,26). The monoisotopic (exact) mass is 398 g/mol. The number of benzene rings is 2. The first-order valence-electron chi connectivity index (χ1n) is 10.1. The Morgan fingerprint density at radius 1 is 0.633 bits per heavy atom. The van der Waals surface area contributed by atoms with E-state index in [1.54, 1.807) is 0 Å². The molecule has 0 saturated heterocycles. The molecule has 4 aromatic rings. The summed E-state index contributed by atoms with van der Waals surface area (Å²) in [6.45, 7) is 3.46. The summed E-state index contributed by atoms with van der Waals surface area (Å²) in [4.78, 5) is 25.0. The average Bonchev–Trinajstić information content (AvgIpc) is 3.56. The van der Waals surface area contributed by atoms with Gasteiger partial charge in [-0.3, -0.25) is 9.80 Å². The fourth-order valence-electron chi connectivity index (χ4n) is 3.90. The summed E-state index contributed by atoms with van der Waals surface area (Å²) in [5.74, 6) is 1.76. The first-order valence-corrected chi connectivity index (χ1v) is 10.1. The summed E-state index contributed by atoms with van der Waals surface area (Å²) >= 11 is 0. The summed E-state index contributed by atoms with van der Waals surface area (Å²) < 4.78 is 0. The van der Waals surface area contributed by atoms with Gasteiger partial charge in [0, 0.05) is 37.9 Å². The highest BCUT2D eigenvalue weighted by Gasteiger charge is 2.20. The van der Waals surface area contributed by atoms with Crippen LogP contribution in [0.5, 0.6) is 0 Å². The Kier molecular flexibility index (Phi) is 3.87. The van der Waals surface area contributed by atoms with Crippen molar-refractivity contribution in [1.82, 2.24) is 29.7 Å². The van der Waals surface area contributed by atoms with Crippen LogP contribution >= 0.6 is 0 Å². The van der Waals surface area contributed by atoms with Crippen LogP contribution in [0.15, 0.2) is 73.3 Å². The number of fused-ring (bicyclic) bond motifs is 2. The van der Waals surface area contributed by atoms with Crippen LogP contribution in [0.1, 0.15) is 0 Å². The third-order valence-electron chi connectivity index (χ3n) is 5.56. The minimum Gasteiger partial charge on any atom is -0.356 e. The molecular formula is C22H22N8. The van der Waals surface area contributed by atoms with E-state index < -0.39 is 0 Å². The molecule has 8 nitrogen and oxygen atoms in total. The van der Waals surface area contributed by atoms with E-state index in [4.69, 9.17) is 0 Å². The summed E-state index contributed by atoms with van der Waals surface area (Å²) in [7, 11) is 0. The molecule has 8 heteroatoms. The second-order valence-corrected chi connectivity index (χ2v) is 7.60. The van der Waals surface area contributed by atoms with Gasteiger partial charge in [-0.15, -0.1) is 0 Å². The zero-order valence-electron chi connectivity index (χ0n) is 16.4. The molecule has 150 valence electrons. The average molecular weight is 398 g/mol. The van der Waals surface area contributed by atoms with E-state index in [9.17, 15) is 0 Å². The van der Waals surface area contributed by atoms with E-state index in [0.717, 1.165) is 60.4 Å². The van der Waals surface area contributed by atoms with Crippen molar-refractivity contribution in [3.63, 3.8) is 0 Å². The molecule has 30 heavy (non-hydrogen) atoms. The van der Waals surface area contributed by atoms with Crippen LogP contribution in [0.25, 0.3) is 22.1 Å². The second kappa shape index (κ2) is 6.84. The minimum absolute atomic E-state index is 0.796. The van der Waals surface area contributed by atoms with E-state index in [1.807, 2.05) is 36.4 Å². The first-order chi connectivity index (χ1) is 14.8. The molecule has 0 fully saturated rings. The van der Waals surface area contributed by atoms with E-state index >= 15 is 0 Å². The van der Waals surface area contributed by atoms with Gasteiger partial charge in [0.1, 0.15) is 0 Å². The number of H-pyrrole nitrogens is 2. The lowest BCUT2D eigenvalue weighted by Gasteiger charge is -2.24. The maximum Gasteiger partial charge on any atom is 0.209 e. The largest absolute Gasteiger partial charge is 0.356 e. The third kappa shape index (κ3) is 3.02. The fraction of sp³-hybridized carbons (Fsp3) is 0.182. The number of hydrogen-bond donors (Lipinski definition) is 2. The minimum atomic E-state index is 0.796. The summed E-state index contributed by atoms with van der Waals surface area (Å²) in [6, 6.07) is 16.2. The lowest BCUT2D eigenvalue weighted by atomic mass is 10.3. The highest BCUT2D eigenvalue weighted by molar-refractivity contribution is 5.78. The molecule has 6 rings (SSSR count). The number of rotatable bonds is 5. The van der Waals surface area contributed by atoms with Gasteiger partial charge in [0.2, 0.25) is 11.9 Å². The topological polar surface area (TPSA) is 70.3 Å². The van der Waals surface area contributed by atoms with Crippen LogP contribution < -0.4 is 9.80 Å². The summed E-state index contributed by atoms with van der Waals surface area (Å²) in [6.07, 6.45) is 8.42. The number of imidazole rings is 2. The Labute approximate surface area is 173 Å². The summed E-state index contributed by atoms with van der Waals surface area (Å²) in [5.41, 5.74) is 4.11. The van der Waals surface area contributed by atoms with Crippen molar-refractivity contribution in [2.45, 2.75) is 0 Å². The molecule has 4 heterocycles. The molecule has 0 amide bonds. The van der Waals surface area contributed by atoms with Crippen LogP contribution in [0.4, 0.5) is 11.9 Å². The molecule has 2 aromatic carbocycles. The molecule has 2 aliphatic rings. The number of anilines is 2. The quantitative estimate of drug-likeness (QED) is 0.538. The molecular weight excluding hydrogens is 376 g/mol. The van der Waals surface area contributed by atoms with Crippen molar-refractivity contribution in [2.24, 2.45) is 0 Å². The fourth-order valence-corrected chi connectivity index (χ4v) is 3.90. The maximum atomic E-state index is 4.68. The van der Waals surface area contributed by atoms with E-state index in [0.29, 0.717) is 0 Å². The highest BCUT2D eigenvalue weighted by atomic mass is 15.4. The molecule has 0 bridgehead atoms. The lowest BCUT2D eigenvalue weighted by molar-refractivity contribution is 0.321. The zero-order chi connectivity index (χ0) is 19.9. The number of para-hydroxylation sites is 4. The smallest absolute Gasteiger partial charge is 0.209 e. The van der Waals surface area contributed by atoms with Crippen molar-refractivity contribution < 1.29 is 0 Å². The molecule has 2 aliphatic heterocycles. The van der Waals surface area contributed by atoms with Crippen molar-refractivity contribution in [3.05, 3.63) is 73.3 Å². The predicted octanol–water partition coefficient (Wildman–Crippen LogP) is 3.24. The Hall–Kier alpha value is -3.94. The van der Waals surface area contributed by atoms with Gasteiger partial charge in [-0.2, -0.15) is 0 Å². The third-order valence-corrected chi connectivity index (χ3v) is 5.56. The van der Waals surface area contributed by atoms with Gasteiger partial charge < -0.3 is 19.8 Å². The van der Waals surface area contributed by atoms with Crippen LogP contribution in [0, 0.1) is 0 Å². The van der Waals surface area contributed by atoms with Crippen molar-refractivity contribution >= 4 is 34.0 Å². The zero-order valence-corrected chi connectivity index (χ0v) is 16.4. The molecule has 0 atom stereocenters. The van der Waals surface area contributed by atoms with E-state index in [-0.39, 0.29) is 0 Å². The molecule has 0 radical (unpaired) electrons. The highest BCUT2D eigenvalue weighted by Crippen LogP contribution is 2.22. The molecule has 2 aromatic heterocycles. The number of nitrogens with zero attached hydrogens (tertiary/aromatic N) is 6. The van der Waals surface area contributed by atoms with Gasteiger partial charge in [-0.1, -0.05) is 24.3 Å². The van der Waals surface area contributed by atoms with Gasteiger partial charge >= 0.3 is 0 Å². The van der Waals surface area contributed by atoms with Gasteiger partial charge in [0.05, 0.1) is 35.4 Å². The Balaban J connectivity index is 1.04. The Morgan fingerprint density at radius 3 is 1.57 bits per heavy atom. The lowest BCUT2D eigenvalue weighted by Crippen LogP contribution is -2.34. The van der Waals surface area contributed by atoms with E-state index in [1.165, 1.54) is 0 Å². The number of nitrogens with one attached hydrogen (secondary N) is 2. The predicted molar refractivity (Wildman–Crippen MR) is 119 cm³/mol. The van der Waals surface area contributed by atoms with Gasteiger partial charge in [0.15, 0.2) is 0 Å². The number of aromatic nitrogens is 4. The second-order valence-electron chi connectivity index (χ2n) is 7.60. The van der Waals surface area contributed by atoms with Gasteiger partial charge in [-0.25, -0.2) is 9.97 Å². The molecule has 0 spiro atoms.